The van der Waals surface area contributed by atoms with Gasteiger partial charge in [0, 0.05) is 5.33 Å². The number of allylic oxidation sites excluding steroid dienone is 1. The smallest absolute Gasteiger partial charge is 0.332 e. The molecule has 0 aromatic heterocycles. The van der Waals surface area contributed by atoms with Gasteiger partial charge in [-0.05, 0) is 13.8 Å². The van der Waals surface area contributed by atoms with E-state index in [0.29, 0.717) is 19.8 Å². The summed E-state index contributed by atoms with van der Waals surface area (Å²) in [6.07, 6.45) is 3.37. The summed E-state index contributed by atoms with van der Waals surface area (Å²) >= 11 is 3.13. The largest absolute Gasteiger partial charge is 0.464 e. The van der Waals surface area contributed by atoms with E-state index in [0.717, 1.165) is 5.33 Å². The van der Waals surface area contributed by atoms with Crippen LogP contribution in [0, 0.1) is 0 Å². The molecule has 0 aliphatic carbocycles. The van der Waals surface area contributed by atoms with Gasteiger partial charge in [0.1, 0.15) is 13.2 Å². The maximum Gasteiger partial charge on any atom is 0.332 e. The Kier molecular flexibility index (Phi) is 36.9. The van der Waals surface area contributed by atoms with Crippen LogP contribution >= 0.6 is 15.9 Å². The molecule has 0 bridgehead atoms. The summed E-state index contributed by atoms with van der Waals surface area (Å²) in [5, 5.41) is 8.89. The fraction of sp³-hybridized carbons (Fsp3) is 0.600. The van der Waals surface area contributed by atoms with Crippen LogP contribution in [0.3, 0.4) is 0 Å². The lowest BCUT2D eigenvalue weighted by Gasteiger charge is -1.99. The van der Waals surface area contributed by atoms with Gasteiger partial charge in [0.15, 0.2) is 0 Å². The molecule has 0 saturated heterocycles. The van der Waals surface area contributed by atoms with Gasteiger partial charge < -0.3 is 19.3 Å². The number of carbonyl (C=O) groups is 2. The summed E-state index contributed by atoms with van der Waals surface area (Å²) < 4.78 is 13.7. The molecule has 0 rings (SSSR count). The highest BCUT2D eigenvalue weighted by Gasteiger charge is 1.98. The third-order valence-corrected chi connectivity index (χ3v) is 1.76. The Bertz CT molecular complexity index is 269. The average molecular weight is 385 g/mol. The Morgan fingerprint density at radius 3 is 1.82 bits per heavy atom. The molecule has 1 N–H and O–H groups in total. The van der Waals surface area contributed by atoms with Crippen LogP contribution in [0.15, 0.2) is 25.3 Å². The van der Waals surface area contributed by atoms with Crippen LogP contribution in [0.4, 0.5) is 0 Å². The summed E-state index contributed by atoms with van der Waals surface area (Å²) in [4.78, 5) is 20.5. The molecular weight excluding hydrogens is 356 g/mol. The normalized spacial score (nSPS) is 7.82. The predicted octanol–water partition coefficient (Wildman–Crippen LogP) is 2.50. The molecule has 0 heterocycles. The summed E-state index contributed by atoms with van der Waals surface area (Å²) in [5.74, 6) is -0.896. The average Bonchev–Trinajstić information content (AvgIpc) is 2.49. The van der Waals surface area contributed by atoms with Crippen molar-refractivity contribution >= 4 is 27.9 Å². The van der Waals surface area contributed by atoms with Crippen molar-refractivity contribution in [2.45, 2.75) is 21.3 Å². The van der Waals surface area contributed by atoms with Crippen LogP contribution in [-0.2, 0) is 23.8 Å². The maximum absolute atomic E-state index is 10.5. The van der Waals surface area contributed by atoms with Crippen molar-refractivity contribution in [3.63, 3.8) is 0 Å². The minimum Gasteiger partial charge on any atom is -0.464 e. The predicted molar refractivity (Wildman–Crippen MR) is 92.1 cm³/mol. The molecule has 0 atom stereocenters. The van der Waals surface area contributed by atoms with Crippen molar-refractivity contribution in [2.75, 3.05) is 38.4 Å². The number of aliphatic hydroxyl groups is 1. The van der Waals surface area contributed by atoms with Crippen LogP contribution in [0.5, 0.6) is 0 Å². The van der Waals surface area contributed by atoms with Crippen LogP contribution in [-0.4, -0.2) is 55.4 Å². The van der Waals surface area contributed by atoms with E-state index in [1.165, 1.54) is 0 Å². The summed E-state index contributed by atoms with van der Waals surface area (Å²) in [6.45, 7) is 10.9. The number of esters is 2. The number of halogens is 1. The van der Waals surface area contributed by atoms with Crippen molar-refractivity contribution in [3.05, 3.63) is 25.3 Å². The SMILES string of the molecule is C.C=CCBr.C=CCOCC(=O)OCC.CCOC(=O)CO. The third kappa shape index (κ3) is 36.4. The Labute approximate surface area is 142 Å². The topological polar surface area (TPSA) is 82.1 Å². The van der Waals surface area contributed by atoms with E-state index >= 15 is 0 Å². The monoisotopic (exact) mass is 384 g/mol. The lowest BCUT2D eigenvalue weighted by Crippen LogP contribution is -2.12. The van der Waals surface area contributed by atoms with E-state index in [-0.39, 0.29) is 20.0 Å². The van der Waals surface area contributed by atoms with Gasteiger partial charge in [-0.1, -0.05) is 35.5 Å². The summed E-state index contributed by atoms with van der Waals surface area (Å²) in [6, 6.07) is 0. The fourth-order valence-electron chi connectivity index (χ4n) is 0.635. The highest BCUT2D eigenvalue weighted by molar-refractivity contribution is 9.09. The molecule has 0 amide bonds. The minimum absolute atomic E-state index is 0. The Balaban J connectivity index is -0.000000118. The zero-order chi connectivity index (χ0) is 16.9. The molecule has 0 radical (unpaired) electrons. The number of hydrogen-bond acceptors (Lipinski definition) is 6. The second-order valence-electron chi connectivity index (χ2n) is 3.01. The molecule has 0 fully saturated rings. The highest BCUT2D eigenvalue weighted by atomic mass is 79.9. The van der Waals surface area contributed by atoms with Gasteiger partial charge >= 0.3 is 11.9 Å². The first kappa shape index (κ1) is 28.9. The molecule has 0 aliphatic rings. The zero-order valence-corrected chi connectivity index (χ0v) is 14.3. The molecule has 7 heteroatoms. The van der Waals surface area contributed by atoms with E-state index in [9.17, 15) is 9.59 Å². The van der Waals surface area contributed by atoms with Gasteiger partial charge in [-0.25, -0.2) is 9.59 Å². The fourth-order valence-corrected chi connectivity index (χ4v) is 0.635. The van der Waals surface area contributed by atoms with Gasteiger partial charge in [0.25, 0.3) is 0 Å². The summed E-state index contributed by atoms with van der Waals surface area (Å²) in [7, 11) is 0. The lowest BCUT2D eigenvalue weighted by atomic mass is 10.6. The van der Waals surface area contributed by atoms with Crippen LogP contribution in [0.1, 0.15) is 21.3 Å². The molecule has 22 heavy (non-hydrogen) atoms. The minimum atomic E-state index is -0.567. The molecular formula is C15H29BrO6. The number of ether oxygens (including phenoxy) is 3. The Hall–Kier alpha value is -1.18. The quantitative estimate of drug-likeness (QED) is 0.299. The van der Waals surface area contributed by atoms with Crippen molar-refractivity contribution < 1.29 is 28.9 Å². The first-order valence-corrected chi connectivity index (χ1v) is 7.43. The van der Waals surface area contributed by atoms with E-state index in [1.54, 1.807) is 26.0 Å². The molecule has 0 aromatic rings. The molecule has 0 saturated carbocycles. The first-order chi connectivity index (χ1) is 10.0. The van der Waals surface area contributed by atoms with Gasteiger partial charge in [-0.15, -0.1) is 13.2 Å². The second-order valence-corrected chi connectivity index (χ2v) is 3.66. The Morgan fingerprint density at radius 2 is 1.55 bits per heavy atom. The molecule has 0 unspecified atom stereocenters. The number of rotatable bonds is 8. The third-order valence-electron chi connectivity index (χ3n) is 1.30. The van der Waals surface area contributed by atoms with E-state index < -0.39 is 12.6 Å². The van der Waals surface area contributed by atoms with E-state index in [2.05, 4.69) is 38.6 Å². The zero-order valence-electron chi connectivity index (χ0n) is 12.7. The van der Waals surface area contributed by atoms with Crippen molar-refractivity contribution in [1.82, 2.24) is 0 Å². The second kappa shape index (κ2) is 28.0. The van der Waals surface area contributed by atoms with Gasteiger partial charge in [0.2, 0.25) is 0 Å². The molecule has 0 spiro atoms. The van der Waals surface area contributed by atoms with E-state index in [4.69, 9.17) is 9.84 Å². The van der Waals surface area contributed by atoms with Crippen LogP contribution in [0.2, 0.25) is 0 Å². The van der Waals surface area contributed by atoms with Gasteiger partial charge in [-0.3, -0.25) is 0 Å². The van der Waals surface area contributed by atoms with Crippen molar-refractivity contribution in [2.24, 2.45) is 0 Å². The molecule has 0 aliphatic heterocycles. The van der Waals surface area contributed by atoms with Crippen LogP contribution in [0.25, 0.3) is 0 Å². The number of alkyl halides is 1. The van der Waals surface area contributed by atoms with Crippen LogP contribution < -0.4 is 0 Å². The van der Waals surface area contributed by atoms with Gasteiger partial charge in [0.05, 0.1) is 19.8 Å². The molecule has 0 aromatic carbocycles. The molecule has 132 valence electrons. The number of hydrogen-bond donors (Lipinski definition) is 1. The molecule has 6 nitrogen and oxygen atoms in total. The maximum atomic E-state index is 10.5. The van der Waals surface area contributed by atoms with Crippen molar-refractivity contribution in [3.8, 4) is 0 Å². The Morgan fingerprint density at radius 1 is 1.09 bits per heavy atom. The van der Waals surface area contributed by atoms with Gasteiger partial charge in [-0.2, -0.15) is 0 Å². The number of carbonyl (C=O) groups excluding carboxylic acids is 2. The first-order valence-electron chi connectivity index (χ1n) is 6.31. The van der Waals surface area contributed by atoms with E-state index in [1.807, 2.05) is 0 Å². The lowest BCUT2D eigenvalue weighted by molar-refractivity contribution is -0.148. The standard InChI is InChI=1S/C7H12O3.C4H8O3.C3H5Br.CH4/c1-3-5-9-6-7(8)10-4-2;1-2-7-4(6)3-5;1-2-3-4;/h3H,1,4-6H2,2H3;5H,2-3H2,1H3;2H,1,3H2;1H4. The number of aliphatic hydroxyl groups excluding tert-OH is 1. The highest BCUT2D eigenvalue weighted by Crippen LogP contribution is 1.80. The van der Waals surface area contributed by atoms with Crippen molar-refractivity contribution in [1.29, 1.82) is 0 Å². The summed E-state index contributed by atoms with van der Waals surface area (Å²) in [5.41, 5.74) is 0.